The van der Waals surface area contributed by atoms with Crippen LogP contribution in [0.15, 0.2) is 39.7 Å². The number of hydrogen-bond donors (Lipinski definition) is 1. The third-order valence-corrected chi connectivity index (χ3v) is 8.43. The Labute approximate surface area is 209 Å². The Hall–Kier alpha value is -1.61. The summed E-state index contributed by atoms with van der Waals surface area (Å²) >= 11 is 9.63. The molecule has 2 aromatic carbocycles. The predicted molar refractivity (Wildman–Crippen MR) is 136 cm³/mol. The van der Waals surface area contributed by atoms with E-state index < -0.39 is 15.9 Å². The molecule has 2 aromatic rings. The summed E-state index contributed by atoms with van der Waals surface area (Å²) in [5.74, 6) is -0.331. The van der Waals surface area contributed by atoms with Gasteiger partial charge in [0, 0.05) is 28.3 Å². The van der Waals surface area contributed by atoms with Crippen LogP contribution >= 0.6 is 27.5 Å². The topological polar surface area (TPSA) is 75.7 Å². The van der Waals surface area contributed by atoms with E-state index >= 15 is 0 Å². The van der Waals surface area contributed by atoms with Gasteiger partial charge in [-0.3, -0.25) is 4.79 Å². The van der Waals surface area contributed by atoms with E-state index in [2.05, 4.69) is 21.2 Å². The summed E-state index contributed by atoms with van der Waals surface area (Å²) in [6.07, 6.45) is 2.79. The molecule has 1 heterocycles. The summed E-state index contributed by atoms with van der Waals surface area (Å²) in [4.78, 5) is 13.3. The molecular formula is C24H30BrClN2O4S. The van der Waals surface area contributed by atoms with Crippen LogP contribution < -0.4 is 10.1 Å². The minimum absolute atomic E-state index is 0.0346. The SMILES string of the molecule is CCOc1ccc(Cl)cc1S(=O)(=O)N1CCCC(C(=O)Nc2c(CC)cc(Br)cc2CC)C1. The summed E-state index contributed by atoms with van der Waals surface area (Å²) in [5, 5.41) is 3.42. The minimum Gasteiger partial charge on any atom is -0.492 e. The van der Waals surface area contributed by atoms with Gasteiger partial charge in [-0.25, -0.2) is 8.42 Å². The Balaban J connectivity index is 1.84. The second kappa shape index (κ2) is 11.2. The van der Waals surface area contributed by atoms with Gasteiger partial charge in [-0.05, 0) is 74.1 Å². The molecule has 0 aliphatic carbocycles. The summed E-state index contributed by atoms with van der Waals surface area (Å²) in [6, 6.07) is 8.61. The first-order chi connectivity index (χ1) is 15.7. The van der Waals surface area contributed by atoms with E-state index in [9.17, 15) is 13.2 Å². The smallest absolute Gasteiger partial charge is 0.246 e. The lowest BCUT2D eigenvalue weighted by atomic mass is 9.97. The van der Waals surface area contributed by atoms with E-state index in [1.807, 2.05) is 26.0 Å². The predicted octanol–water partition coefficient (Wildman–Crippen LogP) is 5.67. The van der Waals surface area contributed by atoms with Crippen molar-refractivity contribution in [1.82, 2.24) is 4.31 Å². The van der Waals surface area contributed by atoms with Crippen molar-refractivity contribution in [1.29, 1.82) is 0 Å². The number of piperidine rings is 1. The summed E-state index contributed by atoms with van der Waals surface area (Å²) in [5.41, 5.74) is 2.94. The monoisotopic (exact) mass is 556 g/mol. The van der Waals surface area contributed by atoms with Gasteiger partial charge in [-0.15, -0.1) is 0 Å². The number of carbonyl (C=O) groups excluding carboxylic acids is 1. The number of amides is 1. The van der Waals surface area contributed by atoms with Crippen molar-refractivity contribution in [3.05, 3.63) is 51.0 Å². The van der Waals surface area contributed by atoms with Gasteiger partial charge in [-0.2, -0.15) is 4.31 Å². The molecule has 1 saturated heterocycles. The van der Waals surface area contributed by atoms with Gasteiger partial charge >= 0.3 is 0 Å². The number of benzene rings is 2. The van der Waals surface area contributed by atoms with Gasteiger partial charge in [-0.1, -0.05) is 41.4 Å². The lowest BCUT2D eigenvalue weighted by molar-refractivity contribution is -0.120. The number of carbonyl (C=O) groups is 1. The van der Waals surface area contributed by atoms with Gasteiger partial charge in [0.05, 0.1) is 12.5 Å². The molecule has 0 radical (unpaired) electrons. The molecule has 1 N–H and O–H groups in total. The molecular weight excluding hydrogens is 528 g/mol. The van der Waals surface area contributed by atoms with Gasteiger partial charge in [0.25, 0.3) is 0 Å². The van der Waals surface area contributed by atoms with E-state index in [1.165, 1.54) is 10.4 Å². The Morgan fingerprint density at radius 3 is 2.45 bits per heavy atom. The molecule has 0 bridgehead atoms. The van der Waals surface area contributed by atoms with Gasteiger partial charge in [0.15, 0.2) is 0 Å². The Morgan fingerprint density at radius 1 is 1.18 bits per heavy atom. The number of sulfonamides is 1. The third-order valence-electron chi connectivity index (χ3n) is 5.85. The quantitative estimate of drug-likeness (QED) is 0.454. The normalized spacial score (nSPS) is 17.1. The molecule has 1 amide bonds. The van der Waals surface area contributed by atoms with Crippen LogP contribution in [-0.2, 0) is 27.7 Å². The highest BCUT2D eigenvalue weighted by Crippen LogP contribution is 2.33. The van der Waals surface area contributed by atoms with Crippen LogP contribution in [0.4, 0.5) is 5.69 Å². The van der Waals surface area contributed by atoms with Gasteiger partial charge in [0.2, 0.25) is 15.9 Å². The Bertz CT molecular complexity index is 1100. The fraction of sp³-hybridized carbons (Fsp3) is 0.458. The van der Waals surface area contributed by atoms with Crippen LogP contribution in [-0.4, -0.2) is 38.3 Å². The third kappa shape index (κ3) is 5.91. The molecule has 1 fully saturated rings. The maximum atomic E-state index is 13.5. The van der Waals surface area contributed by atoms with Crippen LogP contribution in [0.3, 0.4) is 0 Å². The highest BCUT2D eigenvalue weighted by molar-refractivity contribution is 9.10. The first kappa shape index (κ1) is 26.0. The van der Waals surface area contributed by atoms with Crippen LogP contribution in [0, 0.1) is 5.92 Å². The molecule has 6 nitrogen and oxygen atoms in total. The van der Waals surface area contributed by atoms with Crippen molar-refractivity contribution in [2.24, 2.45) is 5.92 Å². The second-order valence-corrected chi connectivity index (χ2v) is 11.3. The van der Waals surface area contributed by atoms with Crippen LogP contribution in [0.1, 0.15) is 44.7 Å². The van der Waals surface area contributed by atoms with Crippen LogP contribution in [0.25, 0.3) is 0 Å². The van der Waals surface area contributed by atoms with E-state index in [1.54, 1.807) is 19.1 Å². The zero-order valence-electron chi connectivity index (χ0n) is 19.2. The number of nitrogens with zero attached hydrogens (tertiary/aromatic N) is 1. The number of anilines is 1. The van der Waals surface area contributed by atoms with Gasteiger partial charge in [0.1, 0.15) is 10.6 Å². The van der Waals surface area contributed by atoms with E-state index in [-0.39, 0.29) is 23.1 Å². The average molecular weight is 558 g/mol. The van der Waals surface area contributed by atoms with E-state index in [4.69, 9.17) is 16.3 Å². The molecule has 0 aromatic heterocycles. The van der Waals surface area contributed by atoms with Crippen LogP contribution in [0.5, 0.6) is 5.75 Å². The maximum Gasteiger partial charge on any atom is 0.246 e. The standard InChI is InChI=1S/C24H30BrClN2O4S/c1-4-16-12-19(25)13-17(5-2)23(16)27-24(29)18-8-7-11-28(15-18)33(30,31)22-14-20(26)9-10-21(22)32-6-3/h9-10,12-14,18H,4-8,11,15H2,1-3H3,(H,27,29). The second-order valence-electron chi connectivity index (χ2n) is 8.02. The molecule has 1 aliphatic rings. The highest BCUT2D eigenvalue weighted by Gasteiger charge is 2.35. The number of ether oxygens (including phenoxy) is 1. The Kier molecular flexibility index (Phi) is 8.83. The Morgan fingerprint density at radius 2 is 1.85 bits per heavy atom. The summed E-state index contributed by atoms with van der Waals surface area (Å²) in [7, 11) is -3.87. The van der Waals surface area contributed by atoms with E-state index in [0.717, 1.165) is 34.1 Å². The average Bonchev–Trinajstić information content (AvgIpc) is 2.81. The number of rotatable bonds is 8. The summed E-state index contributed by atoms with van der Waals surface area (Å²) in [6.45, 7) is 6.69. The van der Waals surface area contributed by atoms with E-state index in [0.29, 0.717) is 31.0 Å². The number of hydrogen-bond acceptors (Lipinski definition) is 4. The number of nitrogens with one attached hydrogen (secondary N) is 1. The zero-order chi connectivity index (χ0) is 24.2. The van der Waals surface area contributed by atoms with Crippen molar-refractivity contribution >= 4 is 49.1 Å². The number of aryl methyl sites for hydroxylation is 2. The fourth-order valence-electron chi connectivity index (χ4n) is 4.14. The lowest BCUT2D eigenvalue weighted by Gasteiger charge is -2.32. The molecule has 3 rings (SSSR count). The number of halogens is 2. The first-order valence-corrected chi connectivity index (χ1v) is 13.9. The zero-order valence-corrected chi connectivity index (χ0v) is 22.3. The molecule has 1 atom stereocenters. The van der Waals surface area contributed by atoms with Gasteiger partial charge < -0.3 is 10.1 Å². The summed E-state index contributed by atoms with van der Waals surface area (Å²) < 4.78 is 34.8. The van der Waals surface area contributed by atoms with Crippen molar-refractivity contribution in [3.8, 4) is 5.75 Å². The molecule has 1 unspecified atom stereocenters. The van der Waals surface area contributed by atoms with Crippen molar-refractivity contribution < 1.29 is 17.9 Å². The maximum absolute atomic E-state index is 13.5. The van der Waals surface area contributed by atoms with Crippen molar-refractivity contribution in [3.63, 3.8) is 0 Å². The van der Waals surface area contributed by atoms with Crippen molar-refractivity contribution in [2.75, 3.05) is 25.0 Å². The molecule has 0 spiro atoms. The van der Waals surface area contributed by atoms with Crippen LogP contribution in [0.2, 0.25) is 5.02 Å². The lowest BCUT2D eigenvalue weighted by Crippen LogP contribution is -2.43. The molecule has 9 heteroatoms. The molecule has 33 heavy (non-hydrogen) atoms. The molecule has 1 aliphatic heterocycles. The highest BCUT2D eigenvalue weighted by atomic mass is 79.9. The first-order valence-electron chi connectivity index (χ1n) is 11.3. The molecule has 0 saturated carbocycles. The van der Waals surface area contributed by atoms with Crippen molar-refractivity contribution in [2.45, 2.75) is 51.3 Å². The fourth-order valence-corrected chi connectivity index (χ4v) is 6.61. The largest absolute Gasteiger partial charge is 0.492 e. The minimum atomic E-state index is -3.87. The molecule has 180 valence electrons.